The van der Waals surface area contributed by atoms with Crippen molar-refractivity contribution in [2.24, 2.45) is 0 Å². The molecule has 12 unspecified atom stereocenters. The van der Waals surface area contributed by atoms with Crippen molar-refractivity contribution in [3.05, 3.63) is 12.2 Å². The van der Waals surface area contributed by atoms with Crippen LogP contribution in [0, 0.1) is 0 Å². The molecule has 0 aromatic rings. The van der Waals surface area contributed by atoms with Crippen molar-refractivity contribution in [1.29, 1.82) is 0 Å². The fourth-order valence-corrected chi connectivity index (χ4v) is 6.76. The van der Waals surface area contributed by atoms with E-state index in [1.807, 2.05) is 6.08 Å². The summed E-state index contributed by atoms with van der Waals surface area (Å²) in [6.07, 6.45) is 7.14. The highest BCUT2D eigenvalue weighted by Gasteiger charge is 2.50. The molecule has 0 aromatic carbocycles. The van der Waals surface area contributed by atoms with Gasteiger partial charge in [0.15, 0.2) is 12.6 Å². The Balaban J connectivity index is 1.96. The van der Waals surface area contributed by atoms with Gasteiger partial charge in [0.05, 0.1) is 32.0 Å². The summed E-state index contributed by atoms with van der Waals surface area (Å²) >= 11 is 0. The van der Waals surface area contributed by atoms with Gasteiger partial charge in [-0.05, 0) is 19.3 Å². The molecule has 0 aliphatic carbocycles. The molecule has 2 aliphatic heterocycles. The van der Waals surface area contributed by atoms with E-state index in [0.29, 0.717) is 6.42 Å². The maximum Gasteiger partial charge on any atom is 0.220 e. The Morgan fingerprint density at radius 1 is 0.660 bits per heavy atom. The van der Waals surface area contributed by atoms with Crippen LogP contribution in [0.3, 0.4) is 0 Å². The van der Waals surface area contributed by atoms with E-state index in [2.05, 4.69) is 19.2 Å². The molecule has 14 nitrogen and oxygen atoms in total. The lowest BCUT2D eigenvalue weighted by atomic mass is 9.97. The highest BCUT2D eigenvalue weighted by molar-refractivity contribution is 5.76. The SMILES string of the molecule is CCCCCCCCCC/C=C/C(O)C(COC1OC(CO)C(OC2OC(CO)C(O)C(O)C2O)C(O)C1O)NC(=O)CCCCCCCCCCC. The maximum atomic E-state index is 13.0. The maximum absolute atomic E-state index is 13.0. The van der Waals surface area contributed by atoms with Gasteiger partial charge in [-0.1, -0.05) is 122 Å². The molecule has 14 heteroatoms. The zero-order valence-electron chi connectivity index (χ0n) is 32.3. The molecular formula is C39H73NO13. The molecule has 0 radical (unpaired) electrons. The topological polar surface area (TPSA) is 228 Å². The van der Waals surface area contributed by atoms with Crippen molar-refractivity contribution in [1.82, 2.24) is 5.32 Å². The molecule has 0 saturated carbocycles. The predicted octanol–water partition coefficient (Wildman–Crippen LogP) is 2.48. The molecule has 2 fully saturated rings. The first-order valence-corrected chi connectivity index (χ1v) is 20.4. The van der Waals surface area contributed by atoms with Crippen molar-refractivity contribution in [3.63, 3.8) is 0 Å². The smallest absolute Gasteiger partial charge is 0.220 e. The van der Waals surface area contributed by atoms with Crippen molar-refractivity contribution in [3.8, 4) is 0 Å². The van der Waals surface area contributed by atoms with Crippen molar-refractivity contribution >= 4 is 5.91 Å². The van der Waals surface area contributed by atoms with Gasteiger partial charge < -0.3 is 65.1 Å². The molecule has 1 amide bonds. The molecule has 0 bridgehead atoms. The van der Waals surface area contributed by atoms with E-state index in [1.165, 1.54) is 70.6 Å². The van der Waals surface area contributed by atoms with Gasteiger partial charge in [-0.25, -0.2) is 0 Å². The van der Waals surface area contributed by atoms with Gasteiger partial charge in [0.2, 0.25) is 5.91 Å². The molecule has 0 aromatic heterocycles. The van der Waals surface area contributed by atoms with Crippen molar-refractivity contribution < 1.29 is 64.6 Å². The molecule has 53 heavy (non-hydrogen) atoms. The number of aliphatic hydroxyl groups excluding tert-OH is 8. The van der Waals surface area contributed by atoms with Gasteiger partial charge in [-0.3, -0.25) is 4.79 Å². The fourth-order valence-electron chi connectivity index (χ4n) is 6.76. The number of rotatable bonds is 29. The summed E-state index contributed by atoms with van der Waals surface area (Å²) in [7, 11) is 0. The zero-order valence-corrected chi connectivity index (χ0v) is 32.3. The zero-order chi connectivity index (χ0) is 39.0. The van der Waals surface area contributed by atoms with Crippen LogP contribution in [0.25, 0.3) is 0 Å². The van der Waals surface area contributed by atoms with Gasteiger partial charge in [-0.2, -0.15) is 0 Å². The Kier molecular flexibility index (Phi) is 25.5. The van der Waals surface area contributed by atoms with Crippen LogP contribution in [-0.2, 0) is 23.7 Å². The van der Waals surface area contributed by atoms with Crippen LogP contribution in [0.15, 0.2) is 12.2 Å². The Hall–Kier alpha value is -1.27. The fraction of sp³-hybridized carbons (Fsp3) is 0.923. The Bertz CT molecular complexity index is 956. The molecule has 12 atom stereocenters. The number of unbranched alkanes of at least 4 members (excludes halogenated alkanes) is 16. The number of carbonyl (C=O) groups is 1. The van der Waals surface area contributed by atoms with Crippen LogP contribution >= 0.6 is 0 Å². The van der Waals surface area contributed by atoms with Crippen LogP contribution in [-0.4, -0.2) is 140 Å². The van der Waals surface area contributed by atoms with Crippen LogP contribution in [0.4, 0.5) is 0 Å². The third-order valence-corrected chi connectivity index (χ3v) is 10.2. The standard InChI is InChI=1S/C39H73NO13/c1-3-5-7-9-11-13-15-16-18-20-22-28(43)27(40-31(44)23-21-19-17-14-12-10-8-6-4-2)26-50-38-36(49)34(47)37(30(25-42)52-38)53-39-35(48)33(46)32(45)29(24-41)51-39/h20,22,27-30,32-39,41-43,45-49H,3-19,21,23-26H2,1-2H3,(H,40,44)/b22-20+. The summed E-state index contributed by atoms with van der Waals surface area (Å²) < 4.78 is 22.5. The number of nitrogens with one attached hydrogen (secondary N) is 1. The van der Waals surface area contributed by atoms with E-state index in [4.69, 9.17) is 18.9 Å². The average Bonchev–Trinajstić information content (AvgIpc) is 3.15. The van der Waals surface area contributed by atoms with Crippen molar-refractivity contribution in [2.75, 3.05) is 19.8 Å². The lowest BCUT2D eigenvalue weighted by Crippen LogP contribution is -2.65. The number of allylic oxidation sites excluding steroid dienone is 1. The summed E-state index contributed by atoms with van der Waals surface area (Å²) in [6, 6.07) is -0.903. The highest BCUT2D eigenvalue weighted by Crippen LogP contribution is 2.29. The summed E-state index contributed by atoms with van der Waals surface area (Å²) in [6.45, 7) is 2.69. The van der Waals surface area contributed by atoms with Gasteiger partial charge in [0.1, 0.15) is 48.8 Å². The lowest BCUT2D eigenvalue weighted by Gasteiger charge is -2.46. The van der Waals surface area contributed by atoms with Crippen LogP contribution in [0.1, 0.15) is 136 Å². The highest BCUT2D eigenvalue weighted by atomic mass is 16.7. The molecule has 2 aliphatic rings. The number of hydrogen-bond donors (Lipinski definition) is 9. The number of hydrogen-bond acceptors (Lipinski definition) is 13. The Labute approximate surface area is 316 Å². The van der Waals surface area contributed by atoms with Gasteiger partial charge in [0, 0.05) is 6.42 Å². The molecule has 9 N–H and O–H groups in total. The van der Waals surface area contributed by atoms with E-state index < -0.39 is 86.8 Å². The van der Waals surface area contributed by atoms with Crippen LogP contribution in [0.2, 0.25) is 0 Å². The molecule has 0 spiro atoms. The molecule has 312 valence electrons. The first-order chi connectivity index (χ1) is 25.6. The van der Waals surface area contributed by atoms with E-state index >= 15 is 0 Å². The number of aliphatic hydroxyl groups is 8. The molecular weight excluding hydrogens is 690 g/mol. The Morgan fingerprint density at radius 2 is 1.17 bits per heavy atom. The van der Waals surface area contributed by atoms with Crippen LogP contribution in [0.5, 0.6) is 0 Å². The van der Waals surface area contributed by atoms with E-state index in [-0.39, 0.29) is 18.9 Å². The summed E-state index contributed by atoms with van der Waals surface area (Å²) in [5.74, 6) is -0.247. The minimum atomic E-state index is -1.78. The largest absolute Gasteiger partial charge is 0.394 e. The van der Waals surface area contributed by atoms with E-state index in [9.17, 15) is 45.6 Å². The third-order valence-electron chi connectivity index (χ3n) is 10.2. The average molecular weight is 764 g/mol. The summed E-state index contributed by atoms with van der Waals surface area (Å²) in [5.41, 5.74) is 0. The predicted molar refractivity (Wildman–Crippen MR) is 199 cm³/mol. The second-order valence-corrected chi connectivity index (χ2v) is 14.8. The number of ether oxygens (including phenoxy) is 4. The molecule has 2 heterocycles. The minimum Gasteiger partial charge on any atom is -0.394 e. The van der Waals surface area contributed by atoms with E-state index in [0.717, 1.165) is 38.5 Å². The molecule has 2 rings (SSSR count). The lowest BCUT2D eigenvalue weighted by molar-refractivity contribution is -0.359. The third kappa shape index (κ3) is 17.6. The van der Waals surface area contributed by atoms with Crippen molar-refractivity contribution in [2.45, 2.75) is 209 Å². The summed E-state index contributed by atoms with van der Waals surface area (Å²) in [5, 5.41) is 86.0. The monoisotopic (exact) mass is 764 g/mol. The quantitative estimate of drug-likeness (QED) is 0.0395. The summed E-state index contributed by atoms with van der Waals surface area (Å²) in [4.78, 5) is 13.0. The van der Waals surface area contributed by atoms with Gasteiger partial charge in [0.25, 0.3) is 0 Å². The first kappa shape index (κ1) is 47.9. The van der Waals surface area contributed by atoms with E-state index in [1.54, 1.807) is 6.08 Å². The first-order valence-electron chi connectivity index (χ1n) is 20.4. The minimum absolute atomic E-state index is 0.247. The normalized spacial score (nSPS) is 30.5. The van der Waals surface area contributed by atoms with Gasteiger partial charge in [-0.15, -0.1) is 0 Å². The van der Waals surface area contributed by atoms with Gasteiger partial charge >= 0.3 is 0 Å². The number of amides is 1. The number of carbonyl (C=O) groups excluding carboxylic acids is 1. The molecule has 2 saturated heterocycles. The van der Waals surface area contributed by atoms with Crippen LogP contribution < -0.4 is 5.32 Å². The second kappa shape index (κ2) is 28.2. The second-order valence-electron chi connectivity index (χ2n) is 14.8. The Morgan fingerprint density at radius 3 is 1.74 bits per heavy atom.